The molecule has 2 N–H and O–H groups in total. The van der Waals surface area contributed by atoms with Crippen molar-refractivity contribution in [3.05, 3.63) is 50.7 Å². The molecule has 0 aliphatic carbocycles. The minimum atomic E-state index is -0.246. The summed E-state index contributed by atoms with van der Waals surface area (Å²) in [5.74, 6) is -0.246. The second-order valence-corrected chi connectivity index (χ2v) is 6.67. The van der Waals surface area contributed by atoms with Crippen molar-refractivity contribution in [3.63, 3.8) is 0 Å². The number of nitrogens with zero attached hydrogens (tertiary/aromatic N) is 1. The van der Waals surface area contributed by atoms with Crippen molar-refractivity contribution < 1.29 is 9.59 Å². The van der Waals surface area contributed by atoms with Crippen LogP contribution in [0.5, 0.6) is 0 Å². The number of carbonyl (C=O) groups is 2. The summed E-state index contributed by atoms with van der Waals surface area (Å²) < 4.78 is 0. The van der Waals surface area contributed by atoms with Gasteiger partial charge in [0.2, 0.25) is 0 Å². The number of amides is 3. The topological polar surface area (TPSA) is 61.4 Å². The standard InChI is InChI=1S/C16H16ClN3O2S/c1-10-4-7-23-14(10)9-19-15(21)12-8-11(2-3-13(12)17)20-6-5-18-16(20)22/h2-4,7-8H,5-6,9H2,1H3,(H,18,22)(H,19,21). The molecule has 23 heavy (non-hydrogen) atoms. The van der Waals surface area contributed by atoms with Crippen LogP contribution >= 0.6 is 22.9 Å². The van der Waals surface area contributed by atoms with Gasteiger partial charge in [-0.3, -0.25) is 9.69 Å². The van der Waals surface area contributed by atoms with Crippen LogP contribution in [0.4, 0.5) is 10.5 Å². The molecule has 3 amide bonds. The molecule has 1 aromatic heterocycles. The first-order chi connectivity index (χ1) is 11.1. The molecule has 120 valence electrons. The molecule has 5 nitrogen and oxygen atoms in total. The predicted octanol–water partition coefficient (Wildman–Crippen LogP) is 3.17. The van der Waals surface area contributed by atoms with Gasteiger partial charge in [-0.1, -0.05) is 11.6 Å². The number of rotatable bonds is 4. The molecule has 0 radical (unpaired) electrons. The van der Waals surface area contributed by atoms with Crippen LogP contribution in [-0.4, -0.2) is 25.0 Å². The minimum absolute atomic E-state index is 0.159. The van der Waals surface area contributed by atoms with Crippen LogP contribution in [0.25, 0.3) is 0 Å². The Labute approximate surface area is 143 Å². The van der Waals surface area contributed by atoms with Crippen LogP contribution in [0, 0.1) is 6.92 Å². The summed E-state index contributed by atoms with van der Waals surface area (Å²) in [6.45, 7) is 3.65. The number of urea groups is 1. The Morgan fingerprint density at radius 3 is 2.91 bits per heavy atom. The number of anilines is 1. The molecule has 1 fully saturated rings. The Bertz CT molecular complexity index is 760. The highest BCUT2D eigenvalue weighted by Gasteiger charge is 2.22. The first kappa shape index (κ1) is 15.8. The lowest BCUT2D eigenvalue weighted by Gasteiger charge is -2.16. The van der Waals surface area contributed by atoms with E-state index in [1.165, 1.54) is 0 Å². The number of thiophene rings is 1. The Morgan fingerprint density at radius 1 is 1.43 bits per heavy atom. The van der Waals surface area contributed by atoms with Gasteiger partial charge in [-0.05, 0) is 42.1 Å². The van der Waals surface area contributed by atoms with Gasteiger partial charge in [0.25, 0.3) is 5.91 Å². The molecule has 7 heteroatoms. The first-order valence-electron chi connectivity index (χ1n) is 7.22. The monoisotopic (exact) mass is 349 g/mol. The van der Waals surface area contributed by atoms with Crippen molar-refractivity contribution in [2.45, 2.75) is 13.5 Å². The van der Waals surface area contributed by atoms with E-state index in [0.717, 1.165) is 10.4 Å². The van der Waals surface area contributed by atoms with Crippen LogP contribution in [0.15, 0.2) is 29.6 Å². The average molecular weight is 350 g/mol. The third-order valence-electron chi connectivity index (χ3n) is 3.74. The van der Waals surface area contributed by atoms with Gasteiger partial charge in [-0.15, -0.1) is 11.3 Å². The second kappa shape index (κ2) is 6.60. The zero-order chi connectivity index (χ0) is 16.4. The maximum atomic E-state index is 12.4. The van der Waals surface area contributed by atoms with E-state index in [9.17, 15) is 9.59 Å². The molecule has 0 unspecified atom stereocenters. The summed E-state index contributed by atoms with van der Waals surface area (Å²) in [6.07, 6.45) is 0. The van der Waals surface area contributed by atoms with Gasteiger partial charge in [0.15, 0.2) is 0 Å². The van der Waals surface area contributed by atoms with Gasteiger partial charge in [-0.25, -0.2) is 4.79 Å². The van der Waals surface area contributed by atoms with Gasteiger partial charge in [0.05, 0.1) is 17.1 Å². The summed E-state index contributed by atoms with van der Waals surface area (Å²) in [7, 11) is 0. The van der Waals surface area contributed by atoms with Crippen LogP contribution in [-0.2, 0) is 6.54 Å². The van der Waals surface area contributed by atoms with Crippen molar-refractivity contribution in [2.75, 3.05) is 18.0 Å². The van der Waals surface area contributed by atoms with E-state index in [0.29, 0.717) is 35.9 Å². The highest BCUT2D eigenvalue weighted by molar-refractivity contribution is 7.10. The van der Waals surface area contributed by atoms with Crippen molar-refractivity contribution in [1.82, 2.24) is 10.6 Å². The Kier molecular flexibility index (Phi) is 4.54. The number of halogens is 1. The number of benzene rings is 1. The van der Waals surface area contributed by atoms with Gasteiger partial charge in [0.1, 0.15) is 0 Å². The van der Waals surface area contributed by atoms with Crippen molar-refractivity contribution in [1.29, 1.82) is 0 Å². The Hall–Kier alpha value is -2.05. The van der Waals surface area contributed by atoms with E-state index in [1.54, 1.807) is 34.4 Å². The molecule has 0 atom stereocenters. The normalized spacial score (nSPS) is 14.0. The molecule has 2 aromatic rings. The molecule has 1 aromatic carbocycles. The lowest BCUT2D eigenvalue weighted by atomic mass is 10.1. The number of hydrogen-bond acceptors (Lipinski definition) is 3. The molecule has 0 bridgehead atoms. The van der Waals surface area contributed by atoms with Crippen molar-refractivity contribution in [3.8, 4) is 0 Å². The first-order valence-corrected chi connectivity index (χ1v) is 8.48. The van der Waals surface area contributed by atoms with Crippen molar-refractivity contribution >= 4 is 40.6 Å². The van der Waals surface area contributed by atoms with E-state index < -0.39 is 0 Å². The number of aryl methyl sites for hydroxylation is 1. The van der Waals surface area contributed by atoms with Crippen LogP contribution in [0.1, 0.15) is 20.8 Å². The quantitative estimate of drug-likeness (QED) is 0.890. The van der Waals surface area contributed by atoms with E-state index >= 15 is 0 Å². The SMILES string of the molecule is Cc1ccsc1CNC(=O)c1cc(N2CCNC2=O)ccc1Cl. The molecule has 3 rings (SSSR count). The molecule has 1 saturated heterocycles. The summed E-state index contributed by atoms with van der Waals surface area (Å²) in [6, 6.07) is 6.91. The fraction of sp³-hybridized carbons (Fsp3) is 0.250. The lowest BCUT2D eigenvalue weighted by molar-refractivity contribution is 0.0951. The second-order valence-electron chi connectivity index (χ2n) is 5.26. The number of hydrogen-bond donors (Lipinski definition) is 2. The third kappa shape index (κ3) is 3.33. The Morgan fingerprint density at radius 2 is 2.26 bits per heavy atom. The molecular weight excluding hydrogens is 334 g/mol. The molecule has 1 aliphatic rings. The number of nitrogens with one attached hydrogen (secondary N) is 2. The van der Waals surface area contributed by atoms with Crippen molar-refractivity contribution in [2.24, 2.45) is 0 Å². The largest absolute Gasteiger partial charge is 0.347 e. The summed E-state index contributed by atoms with van der Waals surface area (Å²) in [4.78, 5) is 26.9. The summed E-state index contributed by atoms with van der Waals surface area (Å²) >= 11 is 7.75. The zero-order valence-corrected chi connectivity index (χ0v) is 14.1. The zero-order valence-electron chi connectivity index (χ0n) is 12.6. The highest BCUT2D eigenvalue weighted by Crippen LogP contribution is 2.24. The molecule has 0 saturated carbocycles. The smallest absolute Gasteiger partial charge is 0.321 e. The van der Waals surface area contributed by atoms with Gasteiger partial charge in [0, 0.05) is 23.7 Å². The van der Waals surface area contributed by atoms with Crippen LogP contribution in [0.2, 0.25) is 5.02 Å². The van der Waals surface area contributed by atoms with Gasteiger partial charge >= 0.3 is 6.03 Å². The number of carbonyl (C=O) groups excluding carboxylic acids is 2. The predicted molar refractivity (Wildman–Crippen MR) is 92.4 cm³/mol. The fourth-order valence-corrected chi connectivity index (χ4v) is 3.46. The maximum absolute atomic E-state index is 12.4. The van der Waals surface area contributed by atoms with Gasteiger partial charge in [-0.2, -0.15) is 0 Å². The maximum Gasteiger partial charge on any atom is 0.321 e. The molecule has 1 aliphatic heterocycles. The lowest BCUT2D eigenvalue weighted by Crippen LogP contribution is -2.28. The van der Waals surface area contributed by atoms with Gasteiger partial charge < -0.3 is 10.6 Å². The summed E-state index contributed by atoms with van der Waals surface area (Å²) in [5.41, 5.74) is 2.20. The Balaban J connectivity index is 1.77. The molecular formula is C16H16ClN3O2S. The third-order valence-corrected chi connectivity index (χ3v) is 5.09. The van der Waals surface area contributed by atoms with Crippen LogP contribution < -0.4 is 15.5 Å². The van der Waals surface area contributed by atoms with E-state index in [2.05, 4.69) is 10.6 Å². The van der Waals surface area contributed by atoms with E-state index in [-0.39, 0.29) is 11.9 Å². The van der Waals surface area contributed by atoms with E-state index in [1.807, 2.05) is 18.4 Å². The van der Waals surface area contributed by atoms with E-state index in [4.69, 9.17) is 11.6 Å². The molecule has 2 heterocycles. The average Bonchev–Trinajstić information content (AvgIpc) is 3.14. The fourth-order valence-electron chi connectivity index (χ4n) is 2.41. The minimum Gasteiger partial charge on any atom is -0.347 e. The van der Waals surface area contributed by atoms with Crippen LogP contribution in [0.3, 0.4) is 0 Å². The molecule has 0 spiro atoms. The summed E-state index contributed by atoms with van der Waals surface area (Å²) in [5, 5.41) is 7.98. The highest BCUT2D eigenvalue weighted by atomic mass is 35.5.